The van der Waals surface area contributed by atoms with E-state index < -0.39 is 0 Å². The van der Waals surface area contributed by atoms with Crippen molar-refractivity contribution in [3.8, 4) is 5.75 Å². The molecular weight excluding hydrogens is 410 g/mol. The molecule has 1 spiro atoms. The Morgan fingerprint density at radius 1 is 1.16 bits per heavy atom. The fraction of sp³-hybridized carbons (Fsp3) is 0.480. The number of aryl methyl sites for hydroxylation is 1. The molecule has 2 heterocycles. The molecule has 2 fully saturated rings. The summed E-state index contributed by atoms with van der Waals surface area (Å²) < 4.78 is 5.26. The van der Waals surface area contributed by atoms with Crippen molar-refractivity contribution in [2.24, 2.45) is 5.41 Å². The molecule has 4 rings (SSSR count). The summed E-state index contributed by atoms with van der Waals surface area (Å²) in [4.78, 5) is 17.4. The van der Waals surface area contributed by atoms with Gasteiger partial charge in [0.2, 0.25) is 0 Å². The average Bonchev–Trinajstić information content (AvgIpc) is 2.75. The van der Waals surface area contributed by atoms with Crippen LogP contribution in [0.3, 0.4) is 0 Å². The maximum atomic E-state index is 12.9. The van der Waals surface area contributed by atoms with Crippen LogP contribution in [0.1, 0.15) is 43.9 Å². The number of likely N-dealkylation sites (tertiary alicyclic amines) is 2. The van der Waals surface area contributed by atoms with Gasteiger partial charge in [0.15, 0.2) is 0 Å². The maximum absolute atomic E-state index is 12.9. The first kappa shape index (κ1) is 22.0. The second-order valence-corrected chi connectivity index (χ2v) is 9.62. The number of carbonyl (C=O) groups is 1. The number of anilines is 1. The van der Waals surface area contributed by atoms with Gasteiger partial charge in [-0.25, -0.2) is 4.79 Å². The van der Waals surface area contributed by atoms with Crippen LogP contribution in [-0.4, -0.2) is 48.6 Å². The van der Waals surface area contributed by atoms with E-state index in [1.807, 2.05) is 42.2 Å². The second kappa shape index (κ2) is 8.71. The molecule has 5 nitrogen and oxygen atoms in total. The SMILES string of the molecule is COc1ccc(NC(=O)N2CCC3(CC2)CN(C(C)C)C3c2ccc(Cl)cc2)c(C)c1. The number of nitrogens with one attached hydrogen (secondary N) is 1. The normalized spacial score (nSPS) is 20.6. The highest BCUT2D eigenvalue weighted by molar-refractivity contribution is 6.30. The van der Waals surface area contributed by atoms with Crippen molar-refractivity contribution in [3.05, 3.63) is 58.6 Å². The van der Waals surface area contributed by atoms with Crippen molar-refractivity contribution in [1.29, 1.82) is 0 Å². The Morgan fingerprint density at radius 2 is 1.84 bits per heavy atom. The molecule has 2 aromatic carbocycles. The van der Waals surface area contributed by atoms with Gasteiger partial charge in [-0.2, -0.15) is 0 Å². The van der Waals surface area contributed by atoms with Gasteiger partial charge < -0.3 is 15.0 Å². The molecule has 1 atom stereocenters. The van der Waals surface area contributed by atoms with Crippen LogP contribution >= 0.6 is 11.6 Å². The molecular formula is C25H32ClN3O2. The number of halogens is 1. The quantitative estimate of drug-likeness (QED) is 0.658. The smallest absolute Gasteiger partial charge is 0.321 e. The van der Waals surface area contributed by atoms with Crippen LogP contribution < -0.4 is 10.1 Å². The highest BCUT2D eigenvalue weighted by Crippen LogP contribution is 2.55. The van der Waals surface area contributed by atoms with Crippen LogP contribution in [0.4, 0.5) is 10.5 Å². The first-order chi connectivity index (χ1) is 14.8. The van der Waals surface area contributed by atoms with Crippen molar-refractivity contribution in [3.63, 3.8) is 0 Å². The maximum Gasteiger partial charge on any atom is 0.321 e. The fourth-order valence-corrected chi connectivity index (χ4v) is 5.26. The topological polar surface area (TPSA) is 44.8 Å². The molecule has 2 amide bonds. The molecule has 0 saturated carbocycles. The number of hydrogen-bond acceptors (Lipinski definition) is 3. The summed E-state index contributed by atoms with van der Waals surface area (Å²) in [6.45, 7) is 9.14. The van der Waals surface area contributed by atoms with Crippen molar-refractivity contribution < 1.29 is 9.53 Å². The molecule has 2 aliphatic rings. The van der Waals surface area contributed by atoms with Crippen LogP contribution in [-0.2, 0) is 0 Å². The van der Waals surface area contributed by atoms with Crippen molar-refractivity contribution >= 4 is 23.3 Å². The molecule has 0 radical (unpaired) electrons. The predicted molar refractivity (Wildman–Crippen MR) is 126 cm³/mol. The van der Waals surface area contributed by atoms with Gasteiger partial charge >= 0.3 is 6.03 Å². The van der Waals surface area contributed by atoms with Crippen LogP contribution in [0, 0.1) is 12.3 Å². The molecule has 6 heteroatoms. The third-order valence-corrected chi connectivity index (χ3v) is 7.23. The number of nitrogens with zero attached hydrogens (tertiary/aromatic N) is 2. The lowest BCUT2D eigenvalue weighted by molar-refractivity contribution is -0.123. The van der Waals surface area contributed by atoms with Gasteiger partial charge in [-0.1, -0.05) is 23.7 Å². The Labute approximate surface area is 190 Å². The van der Waals surface area contributed by atoms with E-state index in [0.717, 1.165) is 54.5 Å². The van der Waals surface area contributed by atoms with E-state index in [1.165, 1.54) is 5.56 Å². The number of ether oxygens (including phenoxy) is 1. The lowest BCUT2D eigenvalue weighted by atomic mass is 9.62. The Morgan fingerprint density at radius 3 is 2.42 bits per heavy atom. The van der Waals surface area contributed by atoms with Gasteiger partial charge in [-0.05, 0) is 75.1 Å². The van der Waals surface area contributed by atoms with E-state index in [1.54, 1.807) is 7.11 Å². The van der Waals surface area contributed by atoms with E-state index in [9.17, 15) is 4.79 Å². The van der Waals surface area contributed by atoms with E-state index >= 15 is 0 Å². The van der Waals surface area contributed by atoms with Crippen molar-refractivity contribution in [2.75, 3.05) is 32.1 Å². The van der Waals surface area contributed by atoms with Gasteiger partial charge in [-0.3, -0.25) is 4.90 Å². The second-order valence-electron chi connectivity index (χ2n) is 9.18. The third kappa shape index (κ3) is 4.26. The number of rotatable bonds is 4. The summed E-state index contributed by atoms with van der Waals surface area (Å²) in [7, 11) is 1.65. The highest BCUT2D eigenvalue weighted by Gasteiger charge is 2.54. The minimum atomic E-state index is -0.0220. The number of hydrogen-bond donors (Lipinski definition) is 1. The molecule has 2 aliphatic heterocycles. The van der Waals surface area contributed by atoms with Crippen LogP contribution in [0.15, 0.2) is 42.5 Å². The minimum Gasteiger partial charge on any atom is -0.497 e. The highest BCUT2D eigenvalue weighted by atomic mass is 35.5. The number of piperidine rings is 1. The van der Waals surface area contributed by atoms with Crippen LogP contribution in [0.2, 0.25) is 5.02 Å². The van der Waals surface area contributed by atoms with E-state index in [2.05, 4.69) is 36.2 Å². The number of urea groups is 1. The first-order valence-electron chi connectivity index (χ1n) is 11.0. The van der Waals surface area contributed by atoms with Crippen molar-refractivity contribution in [2.45, 2.75) is 45.7 Å². The lowest BCUT2D eigenvalue weighted by Crippen LogP contribution is -2.64. The molecule has 31 heavy (non-hydrogen) atoms. The van der Waals surface area contributed by atoms with Crippen LogP contribution in [0.5, 0.6) is 5.75 Å². The Bertz CT molecular complexity index is 936. The molecule has 2 aromatic rings. The van der Waals surface area contributed by atoms with E-state index in [0.29, 0.717) is 12.1 Å². The largest absolute Gasteiger partial charge is 0.497 e. The summed E-state index contributed by atoms with van der Waals surface area (Å²) in [6.07, 6.45) is 2.02. The molecule has 0 bridgehead atoms. The predicted octanol–water partition coefficient (Wildman–Crippen LogP) is 5.74. The van der Waals surface area contributed by atoms with Gasteiger partial charge in [-0.15, -0.1) is 0 Å². The van der Waals surface area contributed by atoms with Gasteiger partial charge in [0, 0.05) is 47.8 Å². The Balaban J connectivity index is 1.43. The first-order valence-corrected chi connectivity index (χ1v) is 11.4. The Hall–Kier alpha value is -2.24. The zero-order valence-electron chi connectivity index (χ0n) is 18.8. The lowest BCUT2D eigenvalue weighted by Gasteiger charge is -2.62. The Kier molecular flexibility index (Phi) is 6.18. The summed E-state index contributed by atoms with van der Waals surface area (Å²) in [6, 6.07) is 14.9. The average molecular weight is 442 g/mol. The van der Waals surface area contributed by atoms with E-state index in [-0.39, 0.29) is 11.4 Å². The van der Waals surface area contributed by atoms with Gasteiger partial charge in [0.1, 0.15) is 5.75 Å². The third-order valence-electron chi connectivity index (χ3n) is 6.98. The molecule has 166 valence electrons. The fourth-order valence-electron chi connectivity index (χ4n) is 5.14. The minimum absolute atomic E-state index is 0.0220. The zero-order valence-corrected chi connectivity index (χ0v) is 19.6. The number of methoxy groups -OCH3 is 1. The molecule has 0 aromatic heterocycles. The molecule has 1 N–H and O–H groups in total. The zero-order chi connectivity index (χ0) is 22.2. The molecule has 2 saturated heterocycles. The summed E-state index contributed by atoms with van der Waals surface area (Å²) >= 11 is 6.13. The summed E-state index contributed by atoms with van der Waals surface area (Å²) in [5, 5.41) is 3.85. The van der Waals surface area contributed by atoms with Crippen molar-refractivity contribution in [1.82, 2.24) is 9.80 Å². The summed E-state index contributed by atoms with van der Waals surface area (Å²) in [5.41, 5.74) is 3.39. The molecule has 0 aliphatic carbocycles. The van der Waals surface area contributed by atoms with Gasteiger partial charge in [0.05, 0.1) is 7.11 Å². The number of amides is 2. The number of benzene rings is 2. The van der Waals surface area contributed by atoms with Crippen LogP contribution in [0.25, 0.3) is 0 Å². The molecule has 1 unspecified atom stereocenters. The number of carbonyl (C=O) groups excluding carboxylic acids is 1. The van der Waals surface area contributed by atoms with Gasteiger partial charge in [0.25, 0.3) is 0 Å². The standard InChI is InChI=1S/C25H32ClN3O2/c1-17(2)29-16-25(23(29)19-5-7-20(26)8-6-19)11-13-28(14-12-25)24(30)27-22-10-9-21(31-4)15-18(22)3/h5-10,15,17,23H,11-14,16H2,1-4H3,(H,27,30). The van der Waals surface area contributed by atoms with E-state index in [4.69, 9.17) is 16.3 Å². The monoisotopic (exact) mass is 441 g/mol. The summed E-state index contributed by atoms with van der Waals surface area (Å²) in [5.74, 6) is 0.795.